The second-order valence-electron chi connectivity index (χ2n) is 21.3. The Hall–Kier alpha value is -2.63. The van der Waals surface area contributed by atoms with Crippen LogP contribution in [0.15, 0.2) is 48.6 Å². The van der Waals surface area contributed by atoms with Crippen molar-refractivity contribution in [3.05, 3.63) is 48.6 Å². The molecule has 0 aliphatic heterocycles. The van der Waals surface area contributed by atoms with Crippen molar-refractivity contribution in [1.29, 1.82) is 0 Å². The van der Waals surface area contributed by atoms with Gasteiger partial charge in [0, 0.05) is 19.3 Å². The summed E-state index contributed by atoms with van der Waals surface area (Å²) in [6.45, 7) is 6.64. The monoisotopic (exact) mass is 1010 g/mol. The summed E-state index contributed by atoms with van der Waals surface area (Å²) in [6.07, 6.45) is 75.3. The van der Waals surface area contributed by atoms with Crippen molar-refractivity contribution in [3.63, 3.8) is 0 Å². The third kappa shape index (κ3) is 58.3. The number of hydrogen-bond acceptors (Lipinski definition) is 6. The van der Waals surface area contributed by atoms with Crippen molar-refractivity contribution in [1.82, 2.24) is 0 Å². The van der Waals surface area contributed by atoms with Crippen molar-refractivity contribution in [2.24, 2.45) is 0 Å². The average molecular weight is 1010 g/mol. The van der Waals surface area contributed by atoms with Crippen LogP contribution >= 0.6 is 0 Å². The molecule has 0 heterocycles. The van der Waals surface area contributed by atoms with E-state index in [9.17, 15) is 14.4 Å². The van der Waals surface area contributed by atoms with Crippen LogP contribution in [0.4, 0.5) is 0 Å². The summed E-state index contributed by atoms with van der Waals surface area (Å²) in [5.74, 6) is -0.881. The number of carbonyl (C=O) groups excluding carboxylic acids is 3. The van der Waals surface area contributed by atoms with Crippen molar-refractivity contribution in [3.8, 4) is 0 Å². The largest absolute Gasteiger partial charge is 0.462 e. The first-order chi connectivity index (χ1) is 35.5. The van der Waals surface area contributed by atoms with Crippen LogP contribution < -0.4 is 0 Å². The Morgan fingerprint density at radius 3 is 0.819 bits per heavy atom. The molecule has 0 fully saturated rings. The molecule has 0 rings (SSSR count). The van der Waals surface area contributed by atoms with Gasteiger partial charge in [0.1, 0.15) is 13.2 Å². The van der Waals surface area contributed by atoms with E-state index in [2.05, 4.69) is 69.4 Å². The summed E-state index contributed by atoms with van der Waals surface area (Å²) in [7, 11) is 0. The van der Waals surface area contributed by atoms with Gasteiger partial charge in [-0.2, -0.15) is 0 Å². The zero-order valence-electron chi connectivity index (χ0n) is 48.2. The molecule has 0 aliphatic carbocycles. The van der Waals surface area contributed by atoms with Crippen molar-refractivity contribution in [2.45, 2.75) is 341 Å². The molecule has 0 N–H and O–H groups in total. The van der Waals surface area contributed by atoms with Crippen molar-refractivity contribution < 1.29 is 28.6 Å². The lowest BCUT2D eigenvalue weighted by Gasteiger charge is -2.18. The van der Waals surface area contributed by atoms with Gasteiger partial charge in [-0.15, -0.1) is 0 Å². The zero-order chi connectivity index (χ0) is 52.2. The van der Waals surface area contributed by atoms with E-state index in [1.165, 1.54) is 212 Å². The topological polar surface area (TPSA) is 78.9 Å². The van der Waals surface area contributed by atoms with E-state index in [1.54, 1.807) is 0 Å². The van der Waals surface area contributed by atoms with Crippen molar-refractivity contribution >= 4 is 17.9 Å². The lowest BCUT2D eigenvalue weighted by atomic mass is 10.0. The Kier molecular flexibility index (Phi) is 58.7. The van der Waals surface area contributed by atoms with Gasteiger partial charge in [0.15, 0.2) is 6.10 Å². The lowest BCUT2D eigenvalue weighted by molar-refractivity contribution is -0.167. The van der Waals surface area contributed by atoms with Gasteiger partial charge in [-0.25, -0.2) is 0 Å². The van der Waals surface area contributed by atoms with E-state index in [4.69, 9.17) is 14.2 Å². The maximum Gasteiger partial charge on any atom is 0.306 e. The average Bonchev–Trinajstić information content (AvgIpc) is 3.38. The Labute approximate surface area is 448 Å². The quantitative estimate of drug-likeness (QED) is 0.0261. The molecule has 0 aliphatic rings. The predicted molar refractivity (Wildman–Crippen MR) is 312 cm³/mol. The van der Waals surface area contributed by atoms with Gasteiger partial charge in [0.05, 0.1) is 0 Å². The van der Waals surface area contributed by atoms with Crippen LogP contribution in [-0.4, -0.2) is 37.2 Å². The van der Waals surface area contributed by atoms with Crippen LogP contribution in [0.3, 0.4) is 0 Å². The number of esters is 3. The van der Waals surface area contributed by atoms with E-state index in [1.807, 2.05) is 0 Å². The van der Waals surface area contributed by atoms with Gasteiger partial charge in [0.2, 0.25) is 0 Å². The molecule has 0 saturated heterocycles. The van der Waals surface area contributed by atoms with Crippen LogP contribution in [0.1, 0.15) is 335 Å². The van der Waals surface area contributed by atoms with Crippen LogP contribution in [0.2, 0.25) is 0 Å². The molecule has 0 saturated carbocycles. The first-order valence-electron chi connectivity index (χ1n) is 31.6. The lowest BCUT2D eigenvalue weighted by Crippen LogP contribution is -2.30. The molecule has 0 amide bonds. The fourth-order valence-corrected chi connectivity index (χ4v) is 9.27. The number of rotatable bonds is 58. The molecular weight excluding hydrogens is 889 g/mol. The molecule has 0 aromatic carbocycles. The highest BCUT2D eigenvalue weighted by atomic mass is 16.6. The molecule has 0 aromatic heterocycles. The number of carbonyl (C=O) groups is 3. The highest BCUT2D eigenvalue weighted by Gasteiger charge is 2.19. The van der Waals surface area contributed by atoms with Gasteiger partial charge in [-0.05, 0) is 83.5 Å². The zero-order valence-corrected chi connectivity index (χ0v) is 48.2. The van der Waals surface area contributed by atoms with Gasteiger partial charge < -0.3 is 14.2 Å². The molecule has 1 atom stereocenters. The summed E-state index contributed by atoms with van der Waals surface area (Å²) in [4.78, 5) is 38.3. The van der Waals surface area contributed by atoms with Gasteiger partial charge in [-0.3, -0.25) is 14.4 Å². The standard InChI is InChI=1S/C66H120O6/c1-4-7-10-13-16-19-22-25-28-31-33-36-38-41-44-47-50-53-56-59-65(68)71-62-63(61-70-64(67)58-55-52-49-46-43-40-37-34-30-27-24-21-18-15-12-9-6-3)72-66(69)60-57-54-51-48-45-42-39-35-32-29-26-23-20-17-14-11-8-5-2/h18,21,25,27-28,30,37,40,63H,4-17,19-20,22-24,26,29,31-36,38-39,41-62H2,1-3H3/b21-18-,28-25-,30-27-,40-37-/t63-/m1/s1. The van der Waals surface area contributed by atoms with Gasteiger partial charge >= 0.3 is 17.9 Å². The minimum absolute atomic E-state index is 0.0780. The van der Waals surface area contributed by atoms with Crippen molar-refractivity contribution in [2.75, 3.05) is 13.2 Å². The normalized spacial score (nSPS) is 12.3. The Morgan fingerprint density at radius 1 is 0.278 bits per heavy atom. The Morgan fingerprint density at radius 2 is 0.500 bits per heavy atom. The van der Waals surface area contributed by atoms with Crippen LogP contribution in [0.5, 0.6) is 0 Å². The number of hydrogen-bond donors (Lipinski definition) is 0. The first kappa shape index (κ1) is 69.4. The summed E-state index contributed by atoms with van der Waals surface area (Å²) >= 11 is 0. The third-order valence-corrected chi connectivity index (χ3v) is 14.1. The number of unbranched alkanes of at least 4 members (excludes halogenated alkanes) is 39. The molecule has 6 nitrogen and oxygen atoms in total. The van der Waals surface area contributed by atoms with E-state index in [-0.39, 0.29) is 31.1 Å². The van der Waals surface area contributed by atoms with Gasteiger partial charge in [0.25, 0.3) is 0 Å². The van der Waals surface area contributed by atoms with E-state index in [0.29, 0.717) is 19.3 Å². The van der Waals surface area contributed by atoms with Crippen LogP contribution in [-0.2, 0) is 28.6 Å². The highest BCUT2D eigenvalue weighted by molar-refractivity contribution is 5.71. The van der Waals surface area contributed by atoms with Crippen LogP contribution in [0, 0.1) is 0 Å². The van der Waals surface area contributed by atoms with Crippen LogP contribution in [0.25, 0.3) is 0 Å². The van der Waals surface area contributed by atoms with E-state index < -0.39 is 6.10 Å². The summed E-state index contributed by atoms with van der Waals surface area (Å²) < 4.78 is 16.9. The first-order valence-corrected chi connectivity index (χ1v) is 31.6. The fourth-order valence-electron chi connectivity index (χ4n) is 9.27. The maximum absolute atomic E-state index is 12.9. The Balaban J connectivity index is 4.37. The summed E-state index contributed by atoms with van der Waals surface area (Å²) in [5, 5.41) is 0. The Bertz CT molecular complexity index is 1250. The molecule has 0 radical (unpaired) electrons. The summed E-state index contributed by atoms with van der Waals surface area (Å²) in [5.41, 5.74) is 0. The SMILES string of the molecule is CCCCC/C=C\C/C=C\C/C=C\CCCCCCC(=O)OC[C@H](COC(=O)CCCCCCCCCCC/C=C\CCCCCCCC)OC(=O)CCCCCCCCCCCCCCCCCCCC. The summed E-state index contributed by atoms with van der Waals surface area (Å²) in [6, 6.07) is 0. The minimum Gasteiger partial charge on any atom is -0.462 e. The van der Waals surface area contributed by atoms with Gasteiger partial charge in [-0.1, -0.05) is 281 Å². The minimum atomic E-state index is -0.782. The number of ether oxygens (including phenoxy) is 3. The highest BCUT2D eigenvalue weighted by Crippen LogP contribution is 2.17. The second kappa shape index (κ2) is 60.9. The smallest absolute Gasteiger partial charge is 0.306 e. The molecule has 72 heavy (non-hydrogen) atoms. The molecule has 6 heteroatoms. The second-order valence-corrected chi connectivity index (χ2v) is 21.3. The van der Waals surface area contributed by atoms with E-state index in [0.717, 1.165) is 83.5 Å². The molecule has 0 bridgehead atoms. The predicted octanol–water partition coefficient (Wildman–Crippen LogP) is 21.4. The maximum atomic E-state index is 12.9. The van der Waals surface area contributed by atoms with E-state index >= 15 is 0 Å². The molecule has 420 valence electrons. The molecule has 0 aromatic rings. The fraction of sp³-hybridized carbons (Fsp3) is 0.833. The number of allylic oxidation sites excluding steroid dienone is 8. The molecule has 0 spiro atoms. The molecular formula is C66H120O6. The molecule has 0 unspecified atom stereocenters. The third-order valence-electron chi connectivity index (χ3n) is 14.1.